The largest absolute Gasteiger partial charge is 0.457 e. The van der Waals surface area contributed by atoms with E-state index in [0.717, 1.165) is 46.2 Å². The molecule has 1 atom stereocenters. The highest BCUT2D eigenvalue weighted by Gasteiger charge is 2.23. The zero-order valence-electron chi connectivity index (χ0n) is 34.6. The first-order valence-corrected chi connectivity index (χ1v) is 20.3. The molecule has 0 aliphatic heterocycles. The maximum Gasteiger partial charge on any atom is 0.137 e. The van der Waals surface area contributed by atoms with Gasteiger partial charge < -0.3 is 4.74 Å². The Hall–Kier alpha value is -5.16. The number of rotatable bonds is 11. The van der Waals surface area contributed by atoms with Crippen molar-refractivity contribution < 1.29 is 4.74 Å². The van der Waals surface area contributed by atoms with Crippen LogP contribution in [0.4, 0.5) is 0 Å². The van der Waals surface area contributed by atoms with Gasteiger partial charge in [-0.25, -0.2) is 9.67 Å². The van der Waals surface area contributed by atoms with E-state index in [0.29, 0.717) is 5.92 Å². The van der Waals surface area contributed by atoms with E-state index in [1.54, 1.807) is 0 Å². The van der Waals surface area contributed by atoms with Crippen molar-refractivity contribution in [2.45, 2.75) is 118 Å². The lowest BCUT2D eigenvalue weighted by Crippen LogP contribution is -2.13. The monoisotopic (exact) mass is 730 g/mol. The third-order valence-corrected chi connectivity index (χ3v) is 11.2. The van der Waals surface area contributed by atoms with Gasteiger partial charge in [0.2, 0.25) is 0 Å². The van der Waals surface area contributed by atoms with Crippen LogP contribution in [0.3, 0.4) is 0 Å². The predicted octanol–water partition coefficient (Wildman–Crippen LogP) is 14.0. The molecule has 0 fully saturated rings. The highest BCUT2D eigenvalue weighted by atomic mass is 16.5. The van der Waals surface area contributed by atoms with Crippen molar-refractivity contribution in [1.29, 1.82) is 0 Å². The summed E-state index contributed by atoms with van der Waals surface area (Å²) in [6.45, 7) is 22.5. The fraction of sp³-hybridized carbons (Fsp3) is 0.360. The van der Waals surface area contributed by atoms with Crippen molar-refractivity contribution in [3.8, 4) is 34.1 Å². The average molecular weight is 731 g/mol. The number of benzene rings is 4. The van der Waals surface area contributed by atoms with Gasteiger partial charge in [0.25, 0.3) is 0 Å². The molecule has 0 saturated carbocycles. The van der Waals surface area contributed by atoms with Gasteiger partial charge in [-0.15, -0.1) is 0 Å². The molecule has 7 rings (SSSR count). The first-order valence-electron chi connectivity index (χ1n) is 20.3. The van der Waals surface area contributed by atoms with Crippen molar-refractivity contribution in [1.82, 2.24) is 19.3 Å². The molecular formula is C50H58N4O. The van der Waals surface area contributed by atoms with Gasteiger partial charge in [-0.3, -0.25) is 4.57 Å². The highest BCUT2D eigenvalue weighted by Crippen LogP contribution is 2.39. The van der Waals surface area contributed by atoms with Crippen molar-refractivity contribution in [3.05, 3.63) is 131 Å². The van der Waals surface area contributed by atoms with Gasteiger partial charge >= 0.3 is 0 Å². The molecule has 0 bridgehead atoms. The third kappa shape index (κ3) is 7.72. The van der Waals surface area contributed by atoms with Crippen molar-refractivity contribution in [2.75, 3.05) is 0 Å². The van der Waals surface area contributed by atoms with Crippen LogP contribution in [-0.4, -0.2) is 19.3 Å². The fourth-order valence-electron chi connectivity index (χ4n) is 7.94. The van der Waals surface area contributed by atoms with Gasteiger partial charge in [0.15, 0.2) is 0 Å². The Morgan fingerprint density at radius 2 is 1.47 bits per heavy atom. The second-order valence-electron chi connectivity index (χ2n) is 17.4. The second kappa shape index (κ2) is 15.2. The van der Waals surface area contributed by atoms with Crippen LogP contribution in [-0.2, 0) is 17.3 Å². The molecule has 3 heterocycles. The Balaban J connectivity index is 1.36. The summed E-state index contributed by atoms with van der Waals surface area (Å²) in [6.07, 6.45) is 7.78. The Labute approximate surface area is 328 Å². The van der Waals surface area contributed by atoms with Crippen LogP contribution in [0.5, 0.6) is 11.5 Å². The lowest BCUT2D eigenvalue weighted by atomic mass is 9.86. The van der Waals surface area contributed by atoms with Crippen LogP contribution in [0, 0.1) is 6.92 Å². The number of ether oxygens (including phenoxy) is 1. The van der Waals surface area contributed by atoms with Gasteiger partial charge in [-0.05, 0) is 107 Å². The molecular weight excluding hydrogens is 673 g/mol. The average Bonchev–Trinajstić information content (AvgIpc) is 3.67. The number of hydrogen-bond acceptors (Lipinski definition) is 3. The van der Waals surface area contributed by atoms with Crippen LogP contribution >= 0.6 is 0 Å². The number of nitrogens with zero attached hydrogens (tertiary/aromatic N) is 4. The van der Waals surface area contributed by atoms with E-state index in [9.17, 15) is 0 Å². The number of unbranched alkanes of at least 4 members (excludes halogenated alkanes) is 2. The van der Waals surface area contributed by atoms with Crippen molar-refractivity contribution in [3.63, 3.8) is 0 Å². The van der Waals surface area contributed by atoms with Crippen LogP contribution < -0.4 is 4.74 Å². The molecule has 0 aliphatic carbocycles. The van der Waals surface area contributed by atoms with E-state index in [2.05, 4.69) is 176 Å². The molecule has 0 aliphatic rings. The van der Waals surface area contributed by atoms with E-state index in [4.69, 9.17) is 14.8 Å². The molecule has 5 heteroatoms. The van der Waals surface area contributed by atoms with Crippen LogP contribution in [0.15, 0.2) is 103 Å². The lowest BCUT2D eigenvalue weighted by Gasteiger charge is -2.22. The molecule has 55 heavy (non-hydrogen) atoms. The molecule has 0 amide bonds. The first-order chi connectivity index (χ1) is 26.3. The molecule has 0 N–H and O–H groups in total. The van der Waals surface area contributed by atoms with Crippen LogP contribution in [0.2, 0.25) is 0 Å². The van der Waals surface area contributed by atoms with E-state index < -0.39 is 0 Å². The van der Waals surface area contributed by atoms with Gasteiger partial charge in [0.05, 0.1) is 28.1 Å². The SMILES string of the molecule is CCCCCC(C)c1ccc2c(c1)c1ccc(Oc3cc(-n4nc(C)c(-c5ccccc5)c4CC)cc(C(C)(C)C)c3)cc1n2-c1cc(C(C)(C)C)ccn1. The smallest absolute Gasteiger partial charge is 0.137 e. The summed E-state index contributed by atoms with van der Waals surface area (Å²) in [5, 5.41) is 7.57. The van der Waals surface area contributed by atoms with E-state index in [1.807, 2.05) is 6.20 Å². The summed E-state index contributed by atoms with van der Waals surface area (Å²) < 4.78 is 11.3. The highest BCUT2D eigenvalue weighted by molar-refractivity contribution is 6.09. The minimum atomic E-state index is -0.101. The maximum atomic E-state index is 6.89. The van der Waals surface area contributed by atoms with Crippen LogP contribution in [0.1, 0.15) is 122 Å². The standard InChI is InChI=1S/C50H58N4O/c1-11-13-15-18-33(3)36-21-24-45-43(27-36)42-23-22-40(32-46(42)53(45)47-30-37(25-26-51-47)49(5,6)7)55-41-29-38(50(8,9)10)28-39(31-41)54-44(12-2)48(34(4)52-54)35-19-16-14-17-20-35/h14,16-17,19-33H,11-13,15,18H2,1-10H3. The zero-order chi connectivity index (χ0) is 39.1. The molecule has 3 aromatic heterocycles. The van der Waals surface area contributed by atoms with Gasteiger partial charge in [-0.1, -0.05) is 118 Å². The Morgan fingerprint density at radius 3 is 2.18 bits per heavy atom. The molecule has 0 spiro atoms. The summed E-state index contributed by atoms with van der Waals surface area (Å²) in [6, 6.07) is 35.2. The van der Waals surface area contributed by atoms with E-state index >= 15 is 0 Å². The van der Waals surface area contributed by atoms with Gasteiger partial charge in [0.1, 0.15) is 17.3 Å². The maximum absolute atomic E-state index is 6.89. The number of aryl methyl sites for hydroxylation is 1. The quantitative estimate of drug-likeness (QED) is 0.125. The second-order valence-corrected chi connectivity index (χ2v) is 17.4. The predicted molar refractivity (Wildman–Crippen MR) is 232 cm³/mol. The molecule has 0 saturated heterocycles. The van der Waals surface area contributed by atoms with E-state index in [1.165, 1.54) is 70.0 Å². The number of pyridine rings is 1. The summed E-state index contributed by atoms with van der Waals surface area (Å²) in [5.41, 5.74) is 11.6. The Morgan fingerprint density at radius 1 is 0.709 bits per heavy atom. The van der Waals surface area contributed by atoms with Gasteiger partial charge in [-0.2, -0.15) is 5.10 Å². The van der Waals surface area contributed by atoms with Gasteiger partial charge in [0, 0.05) is 34.7 Å². The Kier molecular flexibility index (Phi) is 10.5. The zero-order valence-corrected chi connectivity index (χ0v) is 34.6. The summed E-state index contributed by atoms with van der Waals surface area (Å²) >= 11 is 0. The number of fused-ring (bicyclic) bond motifs is 3. The number of hydrogen-bond donors (Lipinski definition) is 0. The molecule has 7 aromatic rings. The van der Waals surface area contributed by atoms with Crippen molar-refractivity contribution in [2.24, 2.45) is 0 Å². The molecule has 284 valence electrons. The minimum absolute atomic E-state index is 0.00575. The summed E-state index contributed by atoms with van der Waals surface area (Å²) in [7, 11) is 0. The first kappa shape index (κ1) is 38.1. The van der Waals surface area contributed by atoms with Crippen LogP contribution in [0.25, 0.3) is 44.4 Å². The minimum Gasteiger partial charge on any atom is -0.457 e. The Bertz CT molecular complexity index is 2450. The molecule has 1 unspecified atom stereocenters. The lowest BCUT2D eigenvalue weighted by molar-refractivity contribution is 0.478. The molecule has 0 radical (unpaired) electrons. The fourth-order valence-corrected chi connectivity index (χ4v) is 7.94. The summed E-state index contributed by atoms with van der Waals surface area (Å²) in [5.74, 6) is 2.99. The summed E-state index contributed by atoms with van der Waals surface area (Å²) in [4.78, 5) is 4.96. The number of aromatic nitrogens is 4. The van der Waals surface area contributed by atoms with E-state index in [-0.39, 0.29) is 10.8 Å². The molecule has 5 nitrogen and oxygen atoms in total. The van der Waals surface area contributed by atoms with Crippen molar-refractivity contribution >= 4 is 21.8 Å². The molecule has 4 aromatic carbocycles. The third-order valence-electron chi connectivity index (χ3n) is 11.2. The topological polar surface area (TPSA) is 44.9 Å². The normalized spacial score (nSPS) is 12.8.